The van der Waals surface area contributed by atoms with E-state index in [1.807, 2.05) is 0 Å². The van der Waals surface area contributed by atoms with Crippen LogP contribution < -0.4 is 12.4 Å². The number of rotatable bonds is 2. The van der Waals surface area contributed by atoms with E-state index in [9.17, 15) is 0 Å². The summed E-state index contributed by atoms with van der Waals surface area (Å²) in [7, 11) is 0. The van der Waals surface area contributed by atoms with Crippen molar-refractivity contribution < 1.29 is 12.4 Å². The van der Waals surface area contributed by atoms with Crippen LogP contribution in [0.2, 0.25) is 0 Å². The molecule has 0 heterocycles. The van der Waals surface area contributed by atoms with Crippen LogP contribution in [0.1, 0.15) is 13.3 Å². The van der Waals surface area contributed by atoms with Gasteiger partial charge in [0.1, 0.15) is 5.75 Å². The summed E-state index contributed by atoms with van der Waals surface area (Å²) in [5, 5.41) is 0. The molecule has 0 unspecified atom stereocenters. The molecule has 0 radical (unpaired) electrons. The summed E-state index contributed by atoms with van der Waals surface area (Å²) in [5.74, 6) is 1.36. The molecule has 0 aromatic heterocycles. The van der Waals surface area contributed by atoms with E-state index >= 15 is 0 Å². The quantitative estimate of drug-likeness (QED) is 0.292. The number of thiol groups is 1. The molecule has 0 bridgehead atoms. The van der Waals surface area contributed by atoms with E-state index < -0.39 is 0 Å². The topological polar surface area (TPSA) is 0 Å². The molecule has 0 saturated carbocycles. The minimum atomic E-state index is 0. The Morgan fingerprint density at radius 2 is 2.00 bits per heavy atom. The van der Waals surface area contributed by atoms with Gasteiger partial charge in [0.25, 0.3) is 0 Å². The van der Waals surface area contributed by atoms with E-state index in [2.05, 4.69) is 13.2 Å². The lowest BCUT2D eigenvalue weighted by Crippen LogP contribution is -3.00. The molecule has 0 atom stereocenters. The highest BCUT2D eigenvalue weighted by Gasteiger charge is 1.76. The largest absolute Gasteiger partial charge is 1.00 e. The Kier molecular flexibility index (Phi) is 15.0. The average Bonchev–Trinajstić information content (AvgIpc) is 1.41. The van der Waals surface area contributed by atoms with Crippen molar-refractivity contribution in [2.75, 3.05) is 12.0 Å². The molecule has 0 aliphatic heterocycles. The van der Waals surface area contributed by atoms with E-state index in [-0.39, 0.29) is 12.4 Å². The van der Waals surface area contributed by atoms with Gasteiger partial charge in [0.2, 0.25) is 0 Å². The first-order valence-electron chi connectivity index (χ1n) is 1.97. The fourth-order valence-electron chi connectivity index (χ4n) is 0.224. The third-order valence-corrected chi connectivity index (χ3v) is 1.34. The second-order valence-electron chi connectivity index (χ2n) is 1.04. The van der Waals surface area contributed by atoms with E-state index in [4.69, 9.17) is 0 Å². The highest BCUT2D eigenvalue weighted by atomic mass is 35.5. The van der Waals surface area contributed by atoms with Crippen molar-refractivity contribution >= 4 is 11.8 Å². The van der Waals surface area contributed by atoms with Gasteiger partial charge in [-0.2, -0.15) is 0 Å². The molecule has 0 amide bonds. The molecule has 0 nitrogen and oxygen atoms in total. The summed E-state index contributed by atoms with van der Waals surface area (Å²) in [6.45, 7) is 2.20. The molecular weight excluding hydrogens is 116 g/mol. The van der Waals surface area contributed by atoms with E-state index in [0.29, 0.717) is 0 Å². The first-order valence-corrected chi connectivity index (χ1v) is 3.50. The Balaban J connectivity index is 0. The molecule has 40 valence electrons. The van der Waals surface area contributed by atoms with Gasteiger partial charge in [-0.15, -0.1) is 0 Å². The van der Waals surface area contributed by atoms with Crippen LogP contribution in [0, 0.1) is 0 Å². The van der Waals surface area contributed by atoms with Gasteiger partial charge < -0.3 is 12.4 Å². The summed E-state index contributed by atoms with van der Waals surface area (Å²) in [6.07, 6.45) is 3.52. The maximum atomic E-state index is 2.20. The van der Waals surface area contributed by atoms with Crippen molar-refractivity contribution in [3.8, 4) is 0 Å². The van der Waals surface area contributed by atoms with Crippen LogP contribution in [0.5, 0.6) is 0 Å². The maximum Gasteiger partial charge on any atom is 0.105 e. The van der Waals surface area contributed by atoms with Gasteiger partial charge in [-0.25, -0.2) is 0 Å². The molecule has 2 heteroatoms. The third kappa shape index (κ3) is 8.82. The van der Waals surface area contributed by atoms with Gasteiger partial charge in [-0.05, 0) is 18.2 Å². The molecule has 0 aromatic carbocycles. The Morgan fingerprint density at radius 3 is 2.00 bits per heavy atom. The van der Waals surface area contributed by atoms with Crippen LogP contribution >= 0.6 is 0 Å². The minimum Gasteiger partial charge on any atom is -1.00 e. The van der Waals surface area contributed by atoms with Crippen molar-refractivity contribution in [1.82, 2.24) is 0 Å². The number of hydrogen-bond donors (Lipinski definition) is 0. The minimum absolute atomic E-state index is 0. The van der Waals surface area contributed by atoms with Gasteiger partial charge >= 0.3 is 0 Å². The summed E-state index contributed by atoms with van der Waals surface area (Å²) in [5.41, 5.74) is 0. The van der Waals surface area contributed by atoms with Crippen LogP contribution in [0.15, 0.2) is 0 Å². The zero-order valence-corrected chi connectivity index (χ0v) is 5.89. The van der Waals surface area contributed by atoms with Crippen molar-refractivity contribution in [3.63, 3.8) is 0 Å². The van der Waals surface area contributed by atoms with Gasteiger partial charge in [0.05, 0.1) is 6.26 Å². The van der Waals surface area contributed by atoms with Crippen molar-refractivity contribution in [3.05, 3.63) is 0 Å². The van der Waals surface area contributed by atoms with E-state index in [1.54, 1.807) is 0 Å². The normalized spacial score (nSPS) is 7.00. The van der Waals surface area contributed by atoms with Crippen molar-refractivity contribution in [1.29, 1.82) is 0 Å². The lowest BCUT2D eigenvalue weighted by atomic mass is 10.6. The lowest BCUT2D eigenvalue weighted by Gasteiger charge is -1.71. The smallest absolute Gasteiger partial charge is 0.105 e. The van der Waals surface area contributed by atoms with Crippen LogP contribution in [-0.2, 0) is 11.8 Å². The standard InChI is InChI=1S/C4H10S.ClH/c1-3-4-5-2;/h3-4H2,1-2H3;1H. The molecule has 0 aliphatic rings. The predicted molar refractivity (Wildman–Crippen MR) is 29.8 cm³/mol. The molecule has 0 aliphatic carbocycles. The Bertz CT molecular complexity index is 15.0. The van der Waals surface area contributed by atoms with E-state index in [0.717, 1.165) is 0 Å². The second-order valence-corrected chi connectivity index (χ2v) is 2.12. The molecule has 0 aromatic rings. The van der Waals surface area contributed by atoms with Gasteiger partial charge in [-0.3, -0.25) is 0 Å². The molecule has 0 rings (SSSR count). The Labute approximate surface area is 50.1 Å². The first kappa shape index (κ1) is 9.81. The summed E-state index contributed by atoms with van der Waals surface area (Å²) in [4.78, 5) is 0. The van der Waals surface area contributed by atoms with Gasteiger partial charge in [0.15, 0.2) is 0 Å². The molecule has 0 saturated heterocycles. The summed E-state index contributed by atoms with van der Waals surface area (Å²) >= 11 is 1.53. The Morgan fingerprint density at radius 1 is 1.50 bits per heavy atom. The Hall–Kier alpha value is 0.640. The maximum absolute atomic E-state index is 2.20. The van der Waals surface area contributed by atoms with Crippen LogP contribution in [-0.4, -0.2) is 12.0 Å². The van der Waals surface area contributed by atoms with Crippen LogP contribution in [0.4, 0.5) is 0 Å². The predicted octanol–water partition coefficient (Wildman–Crippen LogP) is -2.15. The SMILES string of the molecule is CCC[SH+]C.[Cl-]. The number of hydrogen-bond acceptors (Lipinski definition) is 0. The zero-order valence-electron chi connectivity index (χ0n) is 4.24. The second kappa shape index (κ2) is 9.16. The fraction of sp³-hybridized carbons (Fsp3) is 1.00. The van der Waals surface area contributed by atoms with E-state index in [1.165, 1.54) is 23.9 Å². The van der Waals surface area contributed by atoms with Crippen molar-refractivity contribution in [2.24, 2.45) is 0 Å². The van der Waals surface area contributed by atoms with Gasteiger partial charge in [-0.1, -0.05) is 6.92 Å². The summed E-state index contributed by atoms with van der Waals surface area (Å²) in [6, 6.07) is 0. The molecule has 0 spiro atoms. The molecule has 0 N–H and O–H groups in total. The first-order chi connectivity index (χ1) is 2.41. The van der Waals surface area contributed by atoms with Crippen molar-refractivity contribution in [2.45, 2.75) is 13.3 Å². The summed E-state index contributed by atoms with van der Waals surface area (Å²) < 4.78 is 0. The van der Waals surface area contributed by atoms with Crippen LogP contribution in [0.25, 0.3) is 0 Å². The highest BCUT2D eigenvalue weighted by Crippen LogP contribution is 1.71. The monoisotopic (exact) mass is 126 g/mol. The van der Waals surface area contributed by atoms with Crippen LogP contribution in [0.3, 0.4) is 0 Å². The lowest BCUT2D eigenvalue weighted by molar-refractivity contribution is -0.00000117. The van der Waals surface area contributed by atoms with Gasteiger partial charge in [0, 0.05) is 0 Å². The number of halogens is 1. The average molecular weight is 127 g/mol. The molecule has 6 heavy (non-hydrogen) atoms. The molecular formula is C4H11ClS. The fourth-order valence-corrected chi connectivity index (χ4v) is 0.671. The highest BCUT2D eigenvalue weighted by molar-refractivity contribution is 7.77. The third-order valence-electron chi connectivity index (χ3n) is 0.447. The molecule has 0 fully saturated rings. The zero-order chi connectivity index (χ0) is 4.12.